The number of carbonyl (C=O) groups is 1. The van der Waals surface area contributed by atoms with Crippen LogP contribution in [-0.4, -0.2) is 37.8 Å². The normalized spacial score (nSPS) is 14.9. The van der Waals surface area contributed by atoms with E-state index in [2.05, 4.69) is 10.2 Å². The molecule has 15 heavy (non-hydrogen) atoms. The summed E-state index contributed by atoms with van der Waals surface area (Å²) < 4.78 is 43.4. The highest BCUT2D eigenvalue weighted by Crippen LogP contribution is 2.16. The van der Waals surface area contributed by atoms with Gasteiger partial charge in [-0.2, -0.15) is 0 Å². The van der Waals surface area contributed by atoms with E-state index in [-0.39, 0.29) is 5.15 Å². The Labute approximate surface area is 95.8 Å². The van der Waals surface area contributed by atoms with Gasteiger partial charge in [-0.25, -0.2) is 8.42 Å². The largest absolute Gasteiger partial charge is 0.354 e. The van der Waals surface area contributed by atoms with Crippen molar-refractivity contribution in [3.8, 4) is 0 Å². The molecule has 1 N–H and O–H groups in total. The molecule has 1 rings (SSSR count). The summed E-state index contributed by atoms with van der Waals surface area (Å²) in [5.41, 5.74) is -0.613. The third-order valence-corrected chi connectivity index (χ3v) is 2.75. The third kappa shape index (κ3) is 2.63. The van der Waals surface area contributed by atoms with Crippen LogP contribution in [0.25, 0.3) is 0 Å². The van der Waals surface area contributed by atoms with E-state index in [0.29, 0.717) is 0 Å². The highest BCUT2D eigenvalue weighted by Gasteiger charge is 2.20. The molecule has 0 fully saturated rings. The molecule has 0 saturated heterocycles. The highest BCUT2D eigenvalue weighted by molar-refractivity contribution is 7.90. The number of halogens is 1. The first-order valence-corrected chi connectivity index (χ1v) is 5.83. The molecule has 0 aromatic carbocycles. The van der Waals surface area contributed by atoms with Gasteiger partial charge in [-0.1, -0.05) is 11.6 Å². The van der Waals surface area contributed by atoms with Crippen molar-refractivity contribution in [2.24, 2.45) is 0 Å². The molecule has 6 nitrogen and oxygen atoms in total. The lowest BCUT2D eigenvalue weighted by molar-refractivity contribution is 0.0953. The summed E-state index contributed by atoms with van der Waals surface area (Å²) in [7, 11) is -3.79. The molecule has 0 aliphatic heterocycles. The predicted molar refractivity (Wildman–Crippen MR) is 53.5 cm³/mol. The van der Waals surface area contributed by atoms with Crippen molar-refractivity contribution >= 4 is 27.3 Å². The fraction of sp³-hybridized carbons (Fsp3) is 0.286. The summed E-state index contributed by atoms with van der Waals surface area (Å²) >= 11 is 5.48. The van der Waals surface area contributed by atoms with E-state index < -0.39 is 33.3 Å². The number of hydrogen-bond acceptors (Lipinski definition) is 5. The van der Waals surface area contributed by atoms with Crippen molar-refractivity contribution in [1.29, 1.82) is 0 Å². The zero-order chi connectivity index (χ0) is 14.1. The van der Waals surface area contributed by atoms with Crippen LogP contribution in [0.1, 0.15) is 14.6 Å². The van der Waals surface area contributed by atoms with Gasteiger partial charge in [0.05, 0.1) is 0 Å². The quantitative estimate of drug-likeness (QED) is 0.794. The smallest absolute Gasteiger partial charge is 0.272 e. The summed E-state index contributed by atoms with van der Waals surface area (Å²) in [4.78, 5) is 11.1. The number of nitrogens with one attached hydrogen (secondary N) is 1. The number of nitrogens with zero attached hydrogens (tertiary/aromatic N) is 2. The van der Waals surface area contributed by atoms with E-state index >= 15 is 0 Å². The Morgan fingerprint density at radius 3 is 2.80 bits per heavy atom. The zero-order valence-electron chi connectivity index (χ0n) is 10.5. The zero-order valence-corrected chi connectivity index (χ0v) is 9.06. The number of sulfone groups is 1. The van der Waals surface area contributed by atoms with E-state index in [1.54, 1.807) is 5.32 Å². The molecular formula is C7H8ClN3O3S. The van der Waals surface area contributed by atoms with Crippen molar-refractivity contribution in [3.05, 3.63) is 16.9 Å². The summed E-state index contributed by atoms with van der Waals surface area (Å²) in [6.45, 7) is -2.76. The van der Waals surface area contributed by atoms with E-state index in [4.69, 9.17) is 15.7 Å². The topological polar surface area (TPSA) is 89.0 Å². The first-order chi connectivity index (χ1) is 8.00. The monoisotopic (exact) mass is 252 g/mol. The standard InChI is InChI=1S/C7H8ClN3O3S/c1-9-7(12)6-4(15(2,13)14)3-5(8)10-11-6/h3H,1-2H3,(H,9,12)/i1D3. The second-order valence-electron chi connectivity index (χ2n) is 2.61. The van der Waals surface area contributed by atoms with Crippen LogP contribution >= 0.6 is 11.6 Å². The Morgan fingerprint density at radius 2 is 2.27 bits per heavy atom. The van der Waals surface area contributed by atoms with Crippen LogP contribution in [0.4, 0.5) is 0 Å². The summed E-state index contributed by atoms with van der Waals surface area (Å²) in [5, 5.41) is 8.01. The fourth-order valence-corrected chi connectivity index (χ4v) is 1.87. The van der Waals surface area contributed by atoms with Crippen molar-refractivity contribution < 1.29 is 17.3 Å². The van der Waals surface area contributed by atoms with Gasteiger partial charge in [0.2, 0.25) is 0 Å². The Kier molecular flexibility index (Phi) is 2.19. The third-order valence-electron chi connectivity index (χ3n) is 1.46. The van der Waals surface area contributed by atoms with Gasteiger partial charge in [0, 0.05) is 17.3 Å². The van der Waals surface area contributed by atoms with Crippen LogP contribution in [0.3, 0.4) is 0 Å². The molecule has 1 amide bonds. The number of carbonyl (C=O) groups excluding carboxylic acids is 1. The lowest BCUT2D eigenvalue weighted by atomic mass is 10.4. The minimum absolute atomic E-state index is 0.221. The molecule has 0 spiro atoms. The Morgan fingerprint density at radius 1 is 1.60 bits per heavy atom. The molecule has 0 radical (unpaired) electrons. The molecule has 1 aromatic rings. The Bertz CT molecular complexity index is 587. The minimum atomic E-state index is -3.79. The SMILES string of the molecule is [2H]C([2H])([2H])NC(=O)c1nnc(Cl)cc1S(C)(=O)=O. The van der Waals surface area contributed by atoms with Crippen molar-refractivity contribution in [1.82, 2.24) is 15.5 Å². The van der Waals surface area contributed by atoms with Crippen molar-refractivity contribution in [2.45, 2.75) is 4.90 Å². The highest BCUT2D eigenvalue weighted by atomic mass is 35.5. The van der Waals surface area contributed by atoms with Gasteiger partial charge in [0.15, 0.2) is 20.7 Å². The van der Waals surface area contributed by atoms with Gasteiger partial charge in [-0.05, 0) is 6.07 Å². The predicted octanol–water partition coefficient (Wildman–Crippen LogP) is -0.107. The van der Waals surface area contributed by atoms with E-state index in [0.717, 1.165) is 12.3 Å². The van der Waals surface area contributed by atoms with E-state index in [9.17, 15) is 13.2 Å². The summed E-state index contributed by atoms with van der Waals surface area (Å²) in [5.74, 6) is -1.17. The average molecular weight is 253 g/mol. The summed E-state index contributed by atoms with van der Waals surface area (Å²) in [6.07, 6.45) is 0.840. The van der Waals surface area contributed by atoms with Gasteiger partial charge in [0.25, 0.3) is 5.91 Å². The maximum Gasteiger partial charge on any atom is 0.272 e. The first-order valence-electron chi connectivity index (χ1n) is 5.06. The lowest BCUT2D eigenvalue weighted by Crippen LogP contribution is -2.22. The van der Waals surface area contributed by atoms with Crippen LogP contribution in [0.5, 0.6) is 0 Å². The number of rotatable bonds is 2. The average Bonchev–Trinajstić information content (AvgIpc) is 2.13. The molecule has 82 valence electrons. The molecule has 0 atom stereocenters. The molecule has 0 bridgehead atoms. The second-order valence-corrected chi connectivity index (χ2v) is 4.98. The molecule has 1 heterocycles. The van der Waals surface area contributed by atoms with Crippen LogP contribution < -0.4 is 5.32 Å². The molecule has 0 aliphatic carbocycles. The molecule has 0 unspecified atom stereocenters. The van der Waals surface area contributed by atoms with E-state index in [1.807, 2.05) is 0 Å². The van der Waals surface area contributed by atoms with Gasteiger partial charge in [-0.3, -0.25) is 4.79 Å². The molecule has 1 aromatic heterocycles. The summed E-state index contributed by atoms with van der Waals surface area (Å²) in [6, 6.07) is 0.929. The Hall–Kier alpha value is -1.21. The van der Waals surface area contributed by atoms with Crippen LogP contribution in [-0.2, 0) is 9.84 Å². The maximum absolute atomic E-state index is 11.6. The van der Waals surface area contributed by atoms with Crippen LogP contribution in [0.2, 0.25) is 5.15 Å². The van der Waals surface area contributed by atoms with Gasteiger partial charge >= 0.3 is 0 Å². The van der Waals surface area contributed by atoms with Crippen molar-refractivity contribution in [2.75, 3.05) is 13.2 Å². The molecule has 0 saturated carbocycles. The van der Waals surface area contributed by atoms with E-state index in [1.165, 1.54) is 0 Å². The number of amides is 1. The number of aromatic nitrogens is 2. The minimum Gasteiger partial charge on any atom is -0.354 e. The first kappa shape index (κ1) is 8.00. The molecule has 0 aliphatic rings. The van der Waals surface area contributed by atoms with Crippen molar-refractivity contribution in [3.63, 3.8) is 0 Å². The maximum atomic E-state index is 11.6. The van der Waals surface area contributed by atoms with Crippen LogP contribution in [0.15, 0.2) is 11.0 Å². The second kappa shape index (κ2) is 4.11. The van der Waals surface area contributed by atoms with Gasteiger partial charge in [-0.15, -0.1) is 10.2 Å². The Balaban J connectivity index is 3.30. The lowest BCUT2D eigenvalue weighted by Gasteiger charge is -2.04. The molecular weight excluding hydrogens is 242 g/mol. The molecule has 8 heteroatoms. The number of hydrogen-bond donors (Lipinski definition) is 1. The fourth-order valence-electron chi connectivity index (χ4n) is 0.852. The van der Waals surface area contributed by atoms with Gasteiger partial charge in [0.1, 0.15) is 4.90 Å². The van der Waals surface area contributed by atoms with Crippen LogP contribution in [0, 0.1) is 0 Å². The van der Waals surface area contributed by atoms with Gasteiger partial charge < -0.3 is 5.32 Å².